The van der Waals surface area contributed by atoms with E-state index in [4.69, 9.17) is 22.9 Å². The van der Waals surface area contributed by atoms with Gasteiger partial charge in [-0.05, 0) is 48.9 Å². The average Bonchev–Trinajstić information content (AvgIpc) is 2.46. The minimum Gasteiger partial charge on any atom is -0.393 e. The number of pyridine rings is 1. The Hall–Kier alpha value is -1.74. The van der Waals surface area contributed by atoms with E-state index >= 15 is 0 Å². The third-order valence-electron chi connectivity index (χ3n) is 3.96. The lowest BCUT2D eigenvalue weighted by molar-refractivity contribution is 0.633. The van der Waals surface area contributed by atoms with E-state index in [2.05, 4.69) is 30.3 Å². The number of hydrogen-bond donors (Lipinski definition) is 1. The minimum atomic E-state index is 0.135. The van der Waals surface area contributed by atoms with Gasteiger partial charge in [-0.25, -0.2) is 0 Å². The van der Waals surface area contributed by atoms with E-state index in [9.17, 15) is 0 Å². The van der Waals surface area contributed by atoms with Crippen LogP contribution in [0.25, 0.3) is 11.1 Å². The normalized spacial score (nSPS) is 17.6. The molecule has 0 radical (unpaired) electrons. The lowest BCUT2D eigenvalue weighted by Gasteiger charge is -2.26. The van der Waals surface area contributed by atoms with Gasteiger partial charge in [0.2, 0.25) is 0 Å². The minimum absolute atomic E-state index is 0.135. The van der Waals surface area contributed by atoms with E-state index in [1.807, 2.05) is 13.0 Å². The van der Waals surface area contributed by atoms with Crippen LogP contribution in [0.4, 0.5) is 0 Å². The summed E-state index contributed by atoms with van der Waals surface area (Å²) < 4.78 is 0. The van der Waals surface area contributed by atoms with Gasteiger partial charge in [-0.1, -0.05) is 42.5 Å². The van der Waals surface area contributed by atoms with Crippen molar-refractivity contribution in [2.75, 3.05) is 0 Å². The second kappa shape index (κ2) is 5.33. The van der Waals surface area contributed by atoms with Crippen molar-refractivity contribution < 1.29 is 0 Å². The molecular weight excluding hydrogens is 264 g/mol. The zero-order chi connectivity index (χ0) is 14.1. The zero-order valence-corrected chi connectivity index (χ0v) is 12.4. The number of aryl methyl sites for hydroxylation is 1. The molecule has 102 valence electrons. The Kier molecular flexibility index (Phi) is 3.53. The van der Waals surface area contributed by atoms with Crippen LogP contribution in [0.2, 0.25) is 0 Å². The Bertz CT molecular complexity index is 650. The predicted octanol–water partition coefficient (Wildman–Crippen LogP) is 3.76. The highest BCUT2D eigenvalue weighted by Crippen LogP contribution is 2.36. The fourth-order valence-electron chi connectivity index (χ4n) is 3.05. The molecule has 3 heteroatoms. The topological polar surface area (TPSA) is 38.9 Å². The van der Waals surface area contributed by atoms with Gasteiger partial charge in [0.15, 0.2) is 0 Å². The number of fused-ring (bicyclic) bond motifs is 1. The van der Waals surface area contributed by atoms with Gasteiger partial charge in [-0.15, -0.1) is 0 Å². The molecule has 0 fully saturated rings. The molecule has 20 heavy (non-hydrogen) atoms. The lowest BCUT2D eigenvalue weighted by atomic mass is 9.82. The van der Waals surface area contributed by atoms with Gasteiger partial charge in [-0.3, -0.25) is 4.98 Å². The van der Waals surface area contributed by atoms with E-state index in [-0.39, 0.29) is 5.92 Å². The van der Waals surface area contributed by atoms with Gasteiger partial charge >= 0.3 is 0 Å². The molecule has 0 saturated carbocycles. The summed E-state index contributed by atoms with van der Waals surface area (Å²) in [5.74, 6) is 0.135. The summed E-state index contributed by atoms with van der Waals surface area (Å²) in [5, 5.41) is 0. The Labute approximate surface area is 125 Å². The molecule has 2 N–H and O–H groups in total. The third kappa shape index (κ3) is 2.34. The molecule has 0 aliphatic heterocycles. The summed E-state index contributed by atoms with van der Waals surface area (Å²) in [6.07, 6.45) is 3.21. The van der Waals surface area contributed by atoms with Gasteiger partial charge in [0.1, 0.15) is 0 Å². The molecule has 0 amide bonds. The largest absolute Gasteiger partial charge is 0.393 e. The Morgan fingerprint density at radius 3 is 2.75 bits per heavy atom. The molecule has 2 aromatic rings. The summed E-state index contributed by atoms with van der Waals surface area (Å²) in [4.78, 5) is 5.31. The van der Waals surface area contributed by atoms with Crippen molar-refractivity contribution in [3.63, 3.8) is 0 Å². The molecule has 0 unspecified atom stereocenters. The fourth-order valence-corrected chi connectivity index (χ4v) is 3.28. The average molecular weight is 282 g/mol. The maximum absolute atomic E-state index is 5.91. The molecule has 1 atom stereocenters. The number of hydrogen-bond acceptors (Lipinski definition) is 2. The van der Waals surface area contributed by atoms with Crippen LogP contribution in [-0.2, 0) is 6.42 Å². The van der Waals surface area contributed by atoms with Crippen molar-refractivity contribution in [2.45, 2.75) is 32.1 Å². The second-order valence-electron chi connectivity index (χ2n) is 5.39. The van der Waals surface area contributed by atoms with Gasteiger partial charge in [0.05, 0.1) is 16.6 Å². The maximum Gasteiger partial charge on any atom is 0.0819 e. The Balaban J connectivity index is 2.20. The SMILES string of the molecule is Cc1cc(-c2ccccc2)c2c(n1)[C@H](C(N)=S)CCC2. The first kappa shape index (κ1) is 13.3. The smallest absolute Gasteiger partial charge is 0.0819 e. The van der Waals surface area contributed by atoms with E-state index in [0.29, 0.717) is 4.99 Å². The Morgan fingerprint density at radius 2 is 2.05 bits per heavy atom. The molecule has 0 bridgehead atoms. The van der Waals surface area contributed by atoms with Crippen LogP contribution in [0, 0.1) is 6.92 Å². The number of aromatic nitrogens is 1. The number of rotatable bonds is 2. The number of nitrogens with zero attached hydrogens (tertiary/aromatic N) is 1. The molecule has 1 aliphatic carbocycles. The number of nitrogens with two attached hydrogens (primary N) is 1. The third-order valence-corrected chi connectivity index (χ3v) is 4.25. The van der Waals surface area contributed by atoms with Gasteiger partial charge < -0.3 is 5.73 Å². The summed E-state index contributed by atoms with van der Waals surface area (Å²) in [5.41, 5.74) is 11.9. The van der Waals surface area contributed by atoms with E-state index in [1.165, 1.54) is 16.7 Å². The highest BCUT2D eigenvalue weighted by molar-refractivity contribution is 7.80. The van der Waals surface area contributed by atoms with Crippen LogP contribution in [-0.4, -0.2) is 9.97 Å². The van der Waals surface area contributed by atoms with Crippen molar-refractivity contribution >= 4 is 17.2 Å². The highest BCUT2D eigenvalue weighted by Gasteiger charge is 2.26. The van der Waals surface area contributed by atoms with Crippen LogP contribution in [0.5, 0.6) is 0 Å². The summed E-state index contributed by atoms with van der Waals surface area (Å²) in [7, 11) is 0. The van der Waals surface area contributed by atoms with Crippen molar-refractivity contribution in [1.29, 1.82) is 0 Å². The number of thiocarbonyl (C=S) groups is 1. The van der Waals surface area contributed by atoms with Crippen LogP contribution in [0.1, 0.15) is 35.7 Å². The lowest BCUT2D eigenvalue weighted by Crippen LogP contribution is -2.25. The fraction of sp³-hybridized carbons (Fsp3) is 0.294. The van der Waals surface area contributed by atoms with Crippen LogP contribution < -0.4 is 5.73 Å². The first-order valence-electron chi connectivity index (χ1n) is 7.02. The summed E-state index contributed by atoms with van der Waals surface area (Å²) in [6, 6.07) is 12.7. The molecular formula is C17H18N2S. The summed E-state index contributed by atoms with van der Waals surface area (Å²) in [6.45, 7) is 2.04. The monoisotopic (exact) mass is 282 g/mol. The van der Waals surface area contributed by atoms with E-state index in [0.717, 1.165) is 30.7 Å². The maximum atomic E-state index is 5.91. The van der Waals surface area contributed by atoms with Gasteiger partial charge in [-0.2, -0.15) is 0 Å². The highest BCUT2D eigenvalue weighted by atomic mass is 32.1. The second-order valence-corrected chi connectivity index (χ2v) is 5.86. The first-order valence-corrected chi connectivity index (χ1v) is 7.43. The molecule has 1 aromatic heterocycles. The molecule has 1 aliphatic rings. The van der Waals surface area contributed by atoms with Crippen molar-refractivity contribution in [2.24, 2.45) is 5.73 Å². The molecule has 3 rings (SSSR count). The predicted molar refractivity (Wildman–Crippen MR) is 86.9 cm³/mol. The zero-order valence-electron chi connectivity index (χ0n) is 11.6. The Morgan fingerprint density at radius 1 is 1.30 bits per heavy atom. The molecule has 1 heterocycles. The van der Waals surface area contributed by atoms with Crippen molar-refractivity contribution in [1.82, 2.24) is 4.98 Å². The van der Waals surface area contributed by atoms with Crippen molar-refractivity contribution in [3.05, 3.63) is 53.3 Å². The standard InChI is InChI=1S/C17H18N2S/c1-11-10-15(12-6-3-2-4-7-12)13-8-5-9-14(17(18)20)16(13)19-11/h2-4,6-7,10,14H,5,8-9H2,1H3,(H2,18,20)/t14-/m1/s1. The van der Waals surface area contributed by atoms with Crippen LogP contribution >= 0.6 is 12.2 Å². The molecule has 2 nitrogen and oxygen atoms in total. The molecule has 0 spiro atoms. The quantitative estimate of drug-likeness (QED) is 0.852. The number of benzene rings is 1. The summed E-state index contributed by atoms with van der Waals surface area (Å²) >= 11 is 5.23. The van der Waals surface area contributed by atoms with E-state index < -0.39 is 0 Å². The van der Waals surface area contributed by atoms with Crippen LogP contribution in [0.15, 0.2) is 36.4 Å². The molecule has 0 saturated heterocycles. The van der Waals surface area contributed by atoms with E-state index in [1.54, 1.807) is 0 Å². The first-order chi connectivity index (χ1) is 9.66. The van der Waals surface area contributed by atoms with Crippen molar-refractivity contribution in [3.8, 4) is 11.1 Å². The van der Waals surface area contributed by atoms with Gasteiger partial charge in [0, 0.05) is 5.69 Å². The van der Waals surface area contributed by atoms with Gasteiger partial charge in [0.25, 0.3) is 0 Å². The van der Waals surface area contributed by atoms with Crippen LogP contribution in [0.3, 0.4) is 0 Å². The molecule has 1 aromatic carbocycles.